The van der Waals surface area contributed by atoms with Crippen LogP contribution in [-0.4, -0.2) is 22.7 Å². The molecule has 1 heterocycles. The number of aryl methyl sites for hydroxylation is 3. The minimum atomic E-state index is -0.0868. The molecule has 0 N–H and O–H groups in total. The molecule has 0 saturated carbocycles. The lowest BCUT2D eigenvalue weighted by atomic mass is 9.86. The summed E-state index contributed by atoms with van der Waals surface area (Å²) in [5.41, 5.74) is 5.48. The van der Waals surface area contributed by atoms with Gasteiger partial charge in [0.05, 0.1) is 12.8 Å². The maximum Gasteiger partial charge on any atom is 0.203 e. The summed E-state index contributed by atoms with van der Waals surface area (Å²) < 4.78 is 13.4. The van der Waals surface area contributed by atoms with Gasteiger partial charge in [-0.25, -0.2) is 0 Å². The van der Waals surface area contributed by atoms with Crippen LogP contribution >= 0.6 is 0 Å². The number of hydrogen-bond donors (Lipinski definition) is 0. The average Bonchev–Trinajstić information content (AvgIpc) is 3.07. The molecule has 0 spiro atoms. The van der Waals surface area contributed by atoms with Crippen LogP contribution in [0.3, 0.4) is 0 Å². The second-order valence-corrected chi connectivity index (χ2v) is 9.10. The smallest absolute Gasteiger partial charge is 0.203 e. The molecule has 5 nitrogen and oxygen atoms in total. The minimum Gasteiger partial charge on any atom is -0.496 e. The first kappa shape index (κ1) is 23.3. The maximum absolute atomic E-state index is 12.5. The van der Waals surface area contributed by atoms with Crippen LogP contribution in [0.15, 0.2) is 48.5 Å². The molecular weight excluding hydrogens is 400 g/mol. The van der Waals surface area contributed by atoms with E-state index in [0.29, 0.717) is 12.3 Å². The number of allylic oxidation sites excluding steroid dienone is 1. The fraction of sp³-hybridized carbons (Fsp3) is 0.333. The number of nitrogens with zero attached hydrogens (tertiary/aromatic N) is 2. The van der Waals surface area contributed by atoms with Gasteiger partial charge in [-0.3, -0.25) is 9.48 Å². The predicted octanol–water partition coefficient (Wildman–Crippen LogP) is 5.82. The Morgan fingerprint density at radius 2 is 1.81 bits per heavy atom. The Labute approximate surface area is 190 Å². The monoisotopic (exact) mass is 432 g/mol. The topological polar surface area (TPSA) is 53.3 Å². The number of aromatic nitrogens is 2. The zero-order valence-electron chi connectivity index (χ0n) is 20.0. The molecule has 168 valence electrons. The fourth-order valence-corrected chi connectivity index (χ4v) is 3.64. The molecule has 0 unspecified atom stereocenters. The summed E-state index contributed by atoms with van der Waals surface area (Å²) in [5, 5.41) is 4.24. The lowest BCUT2D eigenvalue weighted by molar-refractivity contribution is 0.103. The van der Waals surface area contributed by atoms with E-state index in [2.05, 4.69) is 51.0 Å². The summed E-state index contributed by atoms with van der Waals surface area (Å²) in [4.78, 5) is 12.5. The third-order valence-corrected chi connectivity index (χ3v) is 5.31. The van der Waals surface area contributed by atoms with Crippen molar-refractivity contribution in [2.75, 3.05) is 7.11 Å². The van der Waals surface area contributed by atoms with Gasteiger partial charge >= 0.3 is 0 Å². The van der Waals surface area contributed by atoms with Crippen LogP contribution in [0, 0.1) is 13.8 Å². The Balaban J connectivity index is 1.83. The first-order valence-electron chi connectivity index (χ1n) is 10.7. The molecule has 0 aliphatic carbocycles. The summed E-state index contributed by atoms with van der Waals surface area (Å²) in [6, 6.07) is 13.9. The highest BCUT2D eigenvalue weighted by Crippen LogP contribution is 2.33. The van der Waals surface area contributed by atoms with Gasteiger partial charge < -0.3 is 9.47 Å². The molecule has 0 saturated heterocycles. The number of ether oxygens (including phenoxy) is 2. The van der Waals surface area contributed by atoms with E-state index in [1.165, 1.54) is 0 Å². The summed E-state index contributed by atoms with van der Waals surface area (Å²) in [5.74, 6) is 1.54. The second kappa shape index (κ2) is 9.43. The van der Waals surface area contributed by atoms with Gasteiger partial charge in [-0.2, -0.15) is 5.10 Å². The standard InChI is InChI=1S/C27H32N2O3/c1-18-8-11-22(27(3,4)5)26(14-18)32-17-21-16-20(10-13-25(21)31-7)9-12-24(30)23-15-19(2)28-29(23)6/h8-16H,17H2,1-7H3/b12-9+. The molecule has 32 heavy (non-hydrogen) atoms. The van der Waals surface area contributed by atoms with E-state index in [1.54, 1.807) is 37.1 Å². The van der Waals surface area contributed by atoms with Crippen molar-refractivity contribution >= 4 is 11.9 Å². The van der Waals surface area contributed by atoms with Crippen molar-refractivity contribution in [1.29, 1.82) is 0 Å². The Kier molecular flexibility index (Phi) is 6.87. The Bertz CT molecular complexity index is 1150. The van der Waals surface area contributed by atoms with E-state index in [-0.39, 0.29) is 11.2 Å². The largest absolute Gasteiger partial charge is 0.496 e. The van der Waals surface area contributed by atoms with Crippen molar-refractivity contribution in [3.05, 3.63) is 82.2 Å². The van der Waals surface area contributed by atoms with Gasteiger partial charge in [-0.1, -0.05) is 45.0 Å². The normalized spacial score (nSPS) is 11.7. The Morgan fingerprint density at radius 1 is 1.06 bits per heavy atom. The molecule has 0 aliphatic rings. The van der Waals surface area contributed by atoms with Crippen molar-refractivity contribution in [2.45, 2.75) is 46.6 Å². The number of carbonyl (C=O) groups excluding carboxylic acids is 1. The summed E-state index contributed by atoms with van der Waals surface area (Å²) in [6.07, 6.45) is 3.38. The van der Waals surface area contributed by atoms with E-state index in [4.69, 9.17) is 9.47 Å². The molecule has 0 bridgehead atoms. The van der Waals surface area contributed by atoms with Crippen molar-refractivity contribution in [3.8, 4) is 11.5 Å². The highest BCUT2D eigenvalue weighted by molar-refractivity contribution is 6.05. The average molecular weight is 433 g/mol. The molecule has 3 rings (SSSR count). The highest BCUT2D eigenvalue weighted by atomic mass is 16.5. The van der Waals surface area contributed by atoms with Crippen LogP contribution < -0.4 is 9.47 Å². The first-order chi connectivity index (χ1) is 15.1. The number of carbonyl (C=O) groups is 1. The van der Waals surface area contributed by atoms with Crippen LogP contribution in [0.4, 0.5) is 0 Å². The number of benzene rings is 2. The van der Waals surface area contributed by atoms with E-state index in [9.17, 15) is 4.79 Å². The Hall–Kier alpha value is -3.34. The molecule has 0 fully saturated rings. The number of hydrogen-bond acceptors (Lipinski definition) is 4. The molecule has 0 atom stereocenters. The fourth-order valence-electron chi connectivity index (χ4n) is 3.64. The van der Waals surface area contributed by atoms with Gasteiger partial charge in [-0.05, 0) is 66.3 Å². The molecule has 0 aliphatic heterocycles. The van der Waals surface area contributed by atoms with E-state index in [1.807, 2.05) is 25.1 Å². The van der Waals surface area contributed by atoms with Gasteiger partial charge in [0.25, 0.3) is 0 Å². The highest BCUT2D eigenvalue weighted by Gasteiger charge is 2.19. The van der Waals surface area contributed by atoms with Gasteiger partial charge in [0.1, 0.15) is 23.8 Å². The van der Waals surface area contributed by atoms with E-state index < -0.39 is 0 Å². The summed E-state index contributed by atoms with van der Waals surface area (Å²) >= 11 is 0. The van der Waals surface area contributed by atoms with Crippen LogP contribution in [0.1, 0.15) is 59.2 Å². The van der Waals surface area contributed by atoms with Gasteiger partial charge in [-0.15, -0.1) is 0 Å². The zero-order valence-corrected chi connectivity index (χ0v) is 20.0. The summed E-state index contributed by atoms with van der Waals surface area (Å²) in [6.45, 7) is 10.8. The van der Waals surface area contributed by atoms with Gasteiger partial charge in [0.15, 0.2) is 0 Å². The minimum absolute atomic E-state index is 0.0256. The van der Waals surface area contributed by atoms with Crippen molar-refractivity contribution < 1.29 is 14.3 Å². The van der Waals surface area contributed by atoms with Crippen LogP contribution in [0.5, 0.6) is 11.5 Å². The lowest BCUT2D eigenvalue weighted by Gasteiger charge is -2.23. The van der Waals surface area contributed by atoms with Crippen molar-refractivity contribution in [3.63, 3.8) is 0 Å². The van der Waals surface area contributed by atoms with Gasteiger partial charge in [0, 0.05) is 12.6 Å². The van der Waals surface area contributed by atoms with Crippen molar-refractivity contribution in [2.24, 2.45) is 7.05 Å². The number of rotatable bonds is 7. The van der Waals surface area contributed by atoms with Gasteiger partial charge in [0.2, 0.25) is 5.78 Å². The third-order valence-electron chi connectivity index (χ3n) is 5.31. The number of methoxy groups -OCH3 is 1. The van der Waals surface area contributed by atoms with Crippen LogP contribution in [-0.2, 0) is 19.1 Å². The SMILES string of the molecule is COc1ccc(/C=C/C(=O)c2cc(C)nn2C)cc1COc1cc(C)ccc1C(C)(C)C. The van der Waals surface area contributed by atoms with E-state index >= 15 is 0 Å². The summed E-state index contributed by atoms with van der Waals surface area (Å²) in [7, 11) is 3.42. The molecule has 2 aromatic carbocycles. The van der Waals surface area contributed by atoms with Crippen LogP contribution in [0.2, 0.25) is 0 Å². The van der Waals surface area contributed by atoms with E-state index in [0.717, 1.165) is 39.4 Å². The first-order valence-corrected chi connectivity index (χ1v) is 10.7. The maximum atomic E-state index is 12.5. The quantitative estimate of drug-likeness (QED) is 0.349. The molecule has 1 aromatic heterocycles. The Morgan fingerprint density at radius 3 is 2.44 bits per heavy atom. The molecule has 0 radical (unpaired) electrons. The molecule has 5 heteroatoms. The lowest BCUT2D eigenvalue weighted by Crippen LogP contribution is -2.13. The predicted molar refractivity (Wildman–Crippen MR) is 129 cm³/mol. The zero-order chi connectivity index (χ0) is 23.5. The third kappa shape index (κ3) is 5.47. The van der Waals surface area contributed by atoms with Crippen LogP contribution in [0.25, 0.3) is 6.08 Å². The molecular formula is C27H32N2O3. The molecule has 3 aromatic rings. The van der Waals surface area contributed by atoms with Crippen molar-refractivity contribution in [1.82, 2.24) is 9.78 Å². The second-order valence-electron chi connectivity index (χ2n) is 9.10. The number of ketones is 1. The molecule has 0 amide bonds.